The van der Waals surface area contributed by atoms with Crippen LogP contribution in [0.25, 0.3) is 0 Å². The summed E-state index contributed by atoms with van der Waals surface area (Å²) in [7, 11) is 0. The normalized spacial score (nSPS) is 18.8. The van der Waals surface area contributed by atoms with Gasteiger partial charge in [0.05, 0.1) is 6.54 Å². The van der Waals surface area contributed by atoms with Gasteiger partial charge in [-0.25, -0.2) is 0 Å². The average Bonchev–Trinajstić information content (AvgIpc) is 2.52. The largest absolute Gasteiger partial charge is 0.371 e. The van der Waals surface area contributed by atoms with E-state index in [1.807, 2.05) is 6.08 Å². The van der Waals surface area contributed by atoms with Crippen LogP contribution >= 0.6 is 0 Å². The molecule has 0 bridgehead atoms. The molecule has 1 aliphatic heterocycles. The summed E-state index contributed by atoms with van der Waals surface area (Å²) >= 11 is 0. The summed E-state index contributed by atoms with van der Waals surface area (Å²) in [6.45, 7) is 6.30. The predicted octanol–water partition coefficient (Wildman–Crippen LogP) is 0.139. The first-order valence-electron chi connectivity index (χ1n) is 3.99. The predicted molar refractivity (Wildman–Crippen MR) is 47.7 cm³/mol. The van der Waals surface area contributed by atoms with Crippen molar-refractivity contribution in [2.75, 3.05) is 19.6 Å². The van der Waals surface area contributed by atoms with Crippen molar-refractivity contribution in [1.29, 1.82) is 0 Å². The topological polar surface area (TPSA) is 50.4 Å². The molecule has 1 rings (SSSR count). The fraction of sp³-hybridized carbons (Fsp3) is 0.625. The Kier molecular flexibility index (Phi) is 3.11. The Morgan fingerprint density at radius 2 is 2.64 bits per heavy atom. The van der Waals surface area contributed by atoms with E-state index in [-0.39, 0.29) is 0 Å². The van der Waals surface area contributed by atoms with E-state index in [1.54, 1.807) is 0 Å². The maximum absolute atomic E-state index is 5.44. The van der Waals surface area contributed by atoms with Crippen LogP contribution < -0.4 is 11.1 Å². The standard InChI is InChI=1S/C8H15N3/c1-2-7(3-4-9)8-10-5-6-11-8/h2,7H,1,3-6,9H2,(H,10,11). The van der Waals surface area contributed by atoms with Crippen LogP contribution in [0.4, 0.5) is 0 Å². The Morgan fingerprint density at radius 3 is 3.09 bits per heavy atom. The van der Waals surface area contributed by atoms with Gasteiger partial charge in [0.1, 0.15) is 5.84 Å². The second-order valence-electron chi connectivity index (χ2n) is 2.61. The van der Waals surface area contributed by atoms with Crippen molar-refractivity contribution in [1.82, 2.24) is 5.32 Å². The fourth-order valence-corrected chi connectivity index (χ4v) is 1.21. The van der Waals surface area contributed by atoms with Crippen molar-refractivity contribution in [2.24, 2.45) is 16.6 Å². The molecule has 0 aromatic rings. The molecule has 0 saturated heterocycles. The van der Waals surface area contributed by atoms with E-state index < -0.39 is 0 Å². The molecule has 1 unspecified atom stereocenters. The van der Waals surface area contributed by atoms with Gasteiger partial charge in [0, 0.05) is 12.5 Å². The Labute approximate surface area is 67.4 Å². The Morgan fingerprint density at radius 1 is 1.82 bits per heavy atom. The summed E-state index contributed by atoms with van der Waals surface area (Å²) < 4.78 is 0. The maximum Gasteiger partial charge on any atom is 0.103 e. The molecule has 0 aliphatic carbocycles. The second-order valence-corrected chi connectivity index (χ2v) is 2.61. The van der Waals surface area contributed by atoms with Crippen LogP contribution in [-0.4, -0.2) is 25.5 Å². The quantitative estimate of drug-likeness (QED) is 0.564. The molecule has 1 heterocycles. The molecule has 0 aromatic heterocycles. The van der Waals surface area contributed by atoms with Gasteiger partial charge in [0.2, 0.25) is 0 Å². The van der Waals surface area contributed by atoms with Crippen LogP contribution in [0.3, 0.4) is 0 Å². The molecule has 0 amide bonds. The number of aliphatic imine (C=N–C) groups is 1. The van der Waals surface area contributed by atoms with Crippen molar-refractivity contribution in [3.8, 4) is 0 Å². The molecule has 0 saturated carbocycles. The Hall–Kier alpha value is -0.830. The number of rotatable bonds is 4. The third kappa shape index (κ3) is 2.05. The highest BCUT2D eigenvalue weighted by atomic mass is 15.1. The molecule has 0 aromatic carbocycles. The molecule has 62 valence electrons. The number of hydrogen-bond acceptors (Lipinski definition) is 3. The van der Waals surface area contributed by atoms with E-state index in [4.69, 9.17) is 5.73 Å². The number of hydrogen-bond donors (Lipinski definition) is 2. The summed E-state index contributed by atoms with van der Waals surface area (Å²) in [5.74, 6) is 1.40. The van der Waals surface area contributed by atoms with Gasteiger partial charge in [0.25, 0.3) is 0 Å². The van der Waals surface area contributed by atoms with Crippen LogP contribution in [0, 0.1) is 5.92 Å². The van der Waals surface area contributed by atoms with Crippen LogP contribution in [0.15, 0.2) is 17.6 Å². The molecule has 0 fully saturated rings. The third-order valence-corrected chi connectivity index (χ3v) is 1.81. The van der Waals surface area contributed by atoms with Crippen LogP contribution in [0.2, 0.25) is 0 Å². The monoisotopic (exact) mass is 153 g/mol. The molecular weight excluding hydrogens is 138 g/mol. The summed E-state index contributed by atoms with van der Waals surface area (Å²) in [4.78, 5) is 4.30. The zero-order valence-corrected chi connectivity index (χ0v) is 6.71. The lowest BCUT2D eigenvalue weighted by Crippen LogP contribution is -2.27. The maximum atomic E-state index is 5.44. The van der Waals surface area contributed by atoms with Crippen molar-refractivity contribution in [3.63, 3.8) is 0 Å². The van der Waals surface area contributed by atoms with Gasteiger partial charge in [-0.15, -0.1) is 6.58 Å². The van der Waals surface area contributed by atoms with Gasteiger partial charge in [-0.1, -0.05) is 6.08 Å². The van der Waals surface area contributed by atoms with E-state index in [1.165, 1.54) is 0 Å². The number of amidine groups is 1. The minimum atomic E-state index is 0.336. The summed E-state index contributed by atoms with van der Waals surface area (Å²) in [5.41, 5.74) is 5.44. The van der Waals surface area contributed by atoms with Gasteiger partial charge in [-0.2, -0.15) is 0 Å². The molecule has 3 N–H and O–H groups in total. The van der Waals surface area contributed by atoms with Gasteiger partial charge >= 0.3 is 0 Å². The smallest absolute Gasteiger partial charge is 0.103 e. The molecule has 0 spiro atoms. The van der Waals surface area contributed by atoms with E-state index in [0.717, 1.165) is 25.3 Å². The van der Waals surface area contributed by atoms with Crippen LogP contribution in [0.5, 0.6) is 0 Å². The molecular formula is C8H15N3. The second kappa shape index (κ2) is 4.13. The van der Waals surface area contributed by atoms with Gasteiger partial charge < -0.3 is 11.1 Å². The lowest BCUT2D eigenvalue weighted by atomic mass is 10.1. The SMILES string of the molecule is C=CC(CCN)C1=NCCN1. The van der Waals surface area contributed by atoms with Gasteiger partial charge in [-0.05, 0) is 13.0 Å². The highest BCUT2D eigenvalue weighted by Gasteiger charge is 2.13. The van der Waals surface area contributed by atoms with Crippen molar-refractivity contribution in [2.45, 2.75) is 6.42 Å². The van der Waals surface area contributed by atoms with Crippen molar-refractivity contribution < 1.29 is 0 Å². The van der Waals surface area contributed by atoms with E-state index in [0.29, 0.717) is 12.5 Å². The zero-order chi connectivity index (χ0) is 8.10. The fourth-order valence-electron chi connectivity index (χ4n) is 1.21. The lowest BCUT2D eigenvalue weighted by molar-refractivity contribution is 0.736. The van der Waals surface area contributed by atoms with Gasteiger partial charge in [0.15, 0.2) is 0 Å². The molecule has 1 atom stereocenters. The lowest BCUT2D eigenvalue weighted by Gasteiger charge is -2.10. The Balaban J connectivity index is 2.46. The molecule has 3 heteroatoms. The van der Waals surface area contributed by atoms with Crippen molar-refractivity contribution >= 4 is 5.84 Å². The zero-order valence-electron chi connectivity index (χ0n) is 6.71. The minimum Gasteiger partial charge on any atom is -0.371 e. The van der Waals surface area contributed by atoms with E-state index in [2.05, 4.69) is 16.9 Å². The summed E-state index contributed by atoms with van der Waals surface area (Å²) in [6.07, 6.45) is 2.85. The number of nitrogens with one attached hydrogen (secondary N) is 1. The number of nitrogens with two attached hydrogens (primary N) is 1. The molecule has 11 heavy (non-hydrogen) atoms. The van der Waals surface area contributed by atoms with E-state index in [9.17, 15) is 0 Å². The Bertz CT molecular complexity index is 163. The van der Waals surface area contributed by atoms with E-state index >= 15 is 0 Å². The molecule has 0 radical (unpaired) electrons. The third-order valence-electron chi connectivity index (χ3n) is 1.81. The highest BCUT2D eigenvalue weighted by Crippen LogP contribution is 2.06. The first-order valence-corrected chi connectivity index (χ1v) is 3.99. The first kappa shape index (κ1) is 8.27. The van der Waals surface area contributed by atoms with Crippen LogP contribution in [-0.2, 0) is 0 Å². The first-order chi connectivity index (χ1) is 5.38. The van der Waals surface area contributed by atoms with Crippen LogP contribution in [0.1, 0.15) is 6.42 Å². The highest BCUT2D eigenvalue weighted by molar-refractivity contribution is 5.87. The summed E-state index contributed by atoms with van der Waals surface area (Å²) in [5, 5.41) is 3.22. The minimum absolute atomic E-state index is 0.336. The van der Waals surface area contributed by atoms with Gasteiger partial charge in [-0.3, -0.25) is 4.99 Å². The number of nitrogens with zero attached hydrogens (tertiary/aromatic N) is 1. The molecule has 1 aliphatic rings. The molecule has 3 nitrogen and oxygen atoms in total. The van der Waals surface area contributed by atoms with Crippen molar-refractivity contribution in [3.05, 3.63) is 12.7 Å². The average molecular weight is 153 g/mol. The summed E-state index contributed by atoms with van der Waals surface area (Å²) in [6, 6.07) is 0.